The molecule has 0 saturated heterocycles. The number of nitrogens with zero attached hydrogens (tertiary/aromatic N) is 2. The molecule has 0 aromatic carbocycles. The van der Waals surface area contributed by atoms with E-state index in [1.54, 1.807) is 0 Å². The third kappa shape index (κ3) is 2.17. The van der Waals surface area contributed by atoms with Gasteiger partial charge in [0, 0.05) is 11.9 Å². The quantitative estimate of drug-likeness (QED) is 0.705. The molecule has 0 aliphatic carbocycles. The Hall–Kier alpha value is -1.23. The highest BCUT2D eigenvalue weighted by molar-refractivity contribution is 5.26. The highest BCUT2D eigenvalue weighted by Gasteiger charge is 2.16. The van der Waals surface area contributed by atoms with Crippen LogP contribution in [0.25, 0.3) is 0 Å². The van der Waals surface area contributed by atoms with Crippen molar-refractivity contribution in [3.05, 3.63) is 23.5 Å². The maximum Gasteiger partial charge on any atom is 0.109 e. The Balaban J connectivity index is 3.08. The zero-order valence-electron chi connectivity index (χ0n) is 9.46. The van der Waals surface area contributed by atoms with Crippen molar-refractivity contribution in [1.82, 2.24) is 4.57 Å². The van der Waals surface area contributed by atoms with Crippen LogP contribution in [-0.4, -0.2) is 4.57 Å². The largest absolute Gasteiger partial charge is 0.338 e. The number of rotatable bonds is 2. The van der Waals surface area contributed by atoms with Crippen molar-refractivity contribution < 1.29 is 0 Å². The van der Waals surface area contributed by atoms with Crippen molar-refractivity contribution >= 4 is 0 Å². The van der Waals surface area contributed by atoms with E-state index in [2.05, 4.69) is 46.0 Å². The second kappa shape index (κ2) is 3.88. The minimum Gasteiger partial charge on any atom is -0.338 e. The summed E-state index contributed by atoms with van der Waals surface area (Å²) in [6, 6.07) is 4.39. The molecule has 14 heavy (non-hydrogen) atoms. The molecular formula is C12H18N2. The van der Waals surface area contributed by atoms with Crippen LogP contribution in [0.15, 0.2) is 12.3 Å². The van der Waals surface area contributed by atoms with Gasteiger partial charge in [0.05, 0.1) is 6.07 Å². The summed E-state index contributed by atoms with van der Waals surface area (Å²) in [5, 5.41) is 8.68. The molecule has 1 aromatic heterocycles. The minimum atomic E-state index is 0.171. The Labute approximate surface area is 86.2 Å². The third-order valence-corrected chi connectivity index (χ3v) is 2.46. The predicted molar refractivity (Wildman–Crippen MR) is 58.1 cm³/mol. The van der Waals surface area contributed by atoms with Gasteiger partial charge in [0.2, 0.25) is 0 Å². The lowest BCUT2D eigenvalue weighted by Gasteiger charge is -2.15. The fraction of sp³-hybridized carbons (Fsp3) is 0.583. The maximum atomic E-state index is 8.68. The van der Waals surface area contributed by atoms with Gasteiger partial charge in [0.1, 0.15) is 6.54 Å². The Morgan fingerprint density at radius 1 is 1.43 bits per heavy atom. The normalized spacial score (nSPS) is 11.4. The molecule has 0 radical (unpaired) electrons. The van der Waals surface area contributed by atoms with Gasteiger partial charge in [0.25, 0.3) is 0 Å². The van der Waals surface area contributed by atoms with Crippen LogP contribution in [0, 0.1) is 11.3 Å². The van der Waals surface area contributed by atoms with Gasteiger partial charge in [-0.05, 0) is 23.5 Å². The van der Waals surface area contributed by atoms with E-state index in [1.807, 2.05) is 4.57 Å². The van der Waals surface area contributed by atoms with E-state index in [0.717, 1.165) is 6.42 Å². The van der Waals surface area contributed by atoms with Crippen molar-refractivity contribution in [2.75, 3.05) is 0 Å². The fourth-order valence-electron chi connectivity index (χ4n) is 1.49. The lowest BCUT2D eigenvalue weighted by molar-refractivity contribution is 0.588. The molecule has 0 bridgehead atoms. The van der Waals surface area contributed by atoms with Crippen LogP contribution in [0.2, 0.25) is 0 Å². The third-order valence-electron chi connectivity index (χ3n) is 2.46. The summed E-state index contributed by atoms with van der Waals surface area (Å²) in [7, 11) is 0. The fourth-order valence-corrected chi connectivity index (χ4v) is 1.49. The van der Waals surface area contributed by atoms with Crippen molar-refractivity contribution in [2.24, 2.45) is 0 Å². The lowest BCUT2D eigenvalue weighted by Crippen LogP contribution is -2.09. The molecule has 0 unspecified atom stereocenters. The Bertz CT molecular complexity index is 347. The molecule has 0 amide bonds. The van der Waals surface area contributed by atoms with Gasteiger partial charge in [-0.25, -0.2) is 0 Å². The molecule has 0 fully saturated rings. The number of nitriles is 1. The summed E-state index contributed by atoms with van der Waals surface area (Å²) in [4.78, 5) is 0. The van der Waals surface area contributed by atoms with Crippen molar-refractivity contribution in [3.8, 4) is 6.07 Å². The van der Waals surface area contributed by atoms with Gasteiger partial charge in [-0.15, -0.1) is 0 Å². The van der Waals surface area contributed by atoms with Gasteiger partial charge < -0.3 is 4.57 Å². The van der Waals surface area contributed by atoms with E-state index in [1.165, 1.54) is 11.3 Å². The highest BCUT2D eigenvalue weighted by atomic mass is 15.0. The van der Waals surface area contributed by atoms with Gasteiger partial charge >= 0.3 is 0 Å². The van der Waals surface area contributed by atoms with Crippen LogP contribution in [0.4, 0.5) is 0 Å². The van der Waals surface area contributed by atoms with E-state index in [4.69, 9.17) is 5.26 Å². The first kappa shape index (κ1) is 10.8. The number of aromatic nitrogens is 1. The first-order valence-corrected chi connectivity index (χ1v) is 5.05. The van der Waals surface area contributed by atoms with Crippen LogP contribution >= 0.6 is 0 Å². The summed E-state index contributed by atoms with van der Waals surface area (Å²) >= 11 is 0. The molecule has 0 aliphatic rings. The van der Waals surface area contributed by atoms with Crippen molar-refractivity contribution in [3.63, 3.8) is 0 Å². The first-order chi connectivity index (χ1) is 6.49. The molecule has 1 rings (SSSR count). The molecule has 0 saturated carbocycles. The Kier molecular flexibility index (Phi) is 3.00. The van der Waals surface area contributed by atoms with Crippen molar-refractivity contribution in [2.45, 2.75) is 46.1 Å². The molecule has 2 heteroatoms. The van der Waals surface area contributed by atoms with Crippen LogP contribution in [0.3, 0.4) is 0 Å². The lowest BCUT2D eigenvalue weighted by atomic mass is 9.89. The molecule has 76 valence electrons. The molecule has 2 nitrogen and oxygen atoms in total. The zero-order chi connectivity index (χ0) is 10.8. The second-order valence-corrected chi connectivity index (χ2v) is 4.61. The molecule has 1 heterocycles. The van der Waals surface area contributed by atoms with Crippen LogP contribution in [0.1, 0.15) is 39.0 Å². The molecular weight excluding hydrogens is 172 g/mol. The predicted octanol–water partition coefficient (Wildman–Crippen LogP) is 2.87. The standard InChI is InChI=1S/C12H18N2/c1-5-11-8-10(12(2,3)4)9-14(11)7-6-13/h8-9H,5,7H2,1-4H3. The summed E-state index contributed by atoms with van der Waals surface area (Å²) < 4.78 is 2.04. The molecule has 0 spiro atoms. The minimum absolute atomic E-state index is 0.171. The average molecular weight is 190 g/mol. The Morgan fingerprint density at radius 3 is 2.50 bits per heavy atom. The highest BCUT2D eigenvalue weighted by Crippen LogP contribution is 2.24. The number of hydrogen-bond donors (Lipinski definition) is 0. The van der Waals surface area contributed by atoms with Gasteiger partial charge in [-0.3, -0.25) is 0 Å². The molecule has 0 atom stereocenters. The number of aryl methyl sites for hydroxylation is 1. The van der Waals surface area contributed by atoms with E-state index in [0.29, 0.717) is 6.54 Å². The number of hydrogen-bond acceptors (Lipinski definition) is 1. The zero-order valence-corrected chi connectivity index (χ0v) is 9.46. The summed E-state index contributed by atoms with van der Waals surface area (Å²) in [5.74, 6) is 0. The van der Waals surface area contributed by atoms with Gasteiger partial charge in [0.15, 0.2) is 0 Å². The van der Waals surface area contributed by atoms with Gasteiger partial charge in [-0.1, -0.05) is 27.7 Å². The van der Waals surface area contributed by atoms with E-state index in [9.17, 15) is 0 Å². The van der Waals surface area contributed by atoms with E-state index >= 15 is 0 Å². The smallest absolute Gasteiger partial charge is 0.109 e. The average Bonchev–Trinajstić information content (AvgIpc) is 2.47. The van der Waals surface area contributed by atoms with Crippen molar-refractivity contribution in [1.29, 1.82) is 5.26 Å². The Morgan fingerprint density at radius 2 is 2.07 bits per heavy atom. The molecule has 0 aliphatic heterocycles. The molecule has 1 aromatic rings. The summed E-state index contributed by atoms with van der Waals surface area (Å²) in [5.41, 5.74) is 2.73. The summed E-state index contributed by atoms with van der Waals surface area (Å²) in [6.07, 6.45) is 3.08. The first-order valence-electron chi connectivity index (χ1n) is 5.05. The van der Waals surface area contributed by atoms with E-state index < -0.39 is 0 Å². The van der Waals surface area contributed by atoms with Crippen LogP contribution in [-0.2, 0) is 18.4 Å². The topological polar surface area (TPSA) is 28.7 Å². The monoisotopic (exact) mass is 190 g/mol. The van der Waals surface area contributed by atoms with Crippen LogP contribution < -0.4 is 0 Å². The summed E-state index contributed by atoms with van der Waals surface area (Å²) in [6.45, 7) is 9.16. The maximum absolute atomic E-state index is 8.68. The SMILES string of the molecule is CCc1cc(C(C)(C)C)cn1CC#N. The van der Waals surface area contributed by atoms with E-state index in [-0.39, 0.29) is 5.41 Å². The van der Waals surface area contributed by atoms with Crippen LogP contribution in [0.5, 0.6) is 0 Å². The second-order valence-electron chi connectivity index (χ2n) is 4.61. The van der Waals surface area contributed by atoms with Gasteiger partial charge in [-0.2, -0.15) is 5.26 Å². The molecule has 0 N–H and O–H groups in total.